The number of rotatable bonds is 3. The Hall–Kier alpha value is -2.28. The summed E-state index contributed by atoms with van der Waals surface area (Å²) >= 11 is 3.30. The van der Waals surface area contributed by atoms with E-state index >= 15 is 0 Å². The lowest BCUT2D eigenvalue weighted by molar-refractivity contribution is 0.0696. The molecule has 2 aromatic rings. The lowest BCUT2D eigenvalue weighted by Crippen LogP contribution is -2.20. The highest BCUT2D eigenvalue weighted by atomic mass is 79.9. The van der Waals surface area contributed by atoms with Crippen molar-refractivity contribution in [1.29, 1.82) is 0 Å². The number of anilines is 1. The highest BCUT2D eigenvalue weighted by Gasteiger charge is 2.20. The first-order valence-corrected chi connectivity index (χ1v) is 6.33. The zero-order valence-electron chi connectivity index (χ0n) is 10.4. The van der Waals surface area contributed by atoms with Gasteiger partial charge in [0, 0.05) is 15.6 Å². The Kier molecular flexibility index (Phi) is 3.80. The summed E-state index contributed by atoms with van der Waals surface area (Å²) in [6, 6.07) is 6.48. The summed E-state index contributed by atoms with van der Waals surface area (Å²) in [4.78, 5) is 25.4. The molecule has 0 saturated heterocycles. The number of H-pyrrole nitrogens is 1. The van der Waals surface area contributed by atoms with E-state index in [-0.39, 0.29) is 16.9 Å². The first kappa shape index (κ1) is 14.1. The molecular formula is C13H11BrN2O4. The molecule has 0 saturated carbocycles. The lowest BCUT2D eigenvalue weighted by Gasteiger charge is -2.11. The van der Waals surface area contributed by atoms with Crippen LogP contribution in [-0.4, -0.2) is 23.2 Å². The number of halogens is 1. The minimum Gasteiger partial charge on any atom is -0.496 e. The second-order valence-electron chi connectivity index (χ2n) is 3.99. The number of methoxy groups -OCH3 is 1. The molecule has 6 nitrogen and oxygen atoms in total. The number of carboxylic acids is 1. The summed E-state index contributed by atoms with van der Waals surface area (Å²) in [7, 11) is 1.46. The van der Waals surface area contributed by atoms with Gasteiger partial charge in [0.15, 0.2) is 0 Å². The molecule has 2 rings (SSSR count). The number of hydrogen-bond donors (Lipinski definition) is 3. The highest BCUT2D eigenvalue weighted by molar-refractivity contribution is 9.10. The number of pyridine rings is 1. The predicted molar refractivity (Wildman–Crippen MR) is 78.1 cm³/mol. The van der Waals surface area contributed by atoms with Gasteiger partial charge in [-0.15, -0.1) is 0 Å². The van der Waals surface area contributed by atoms with Gasteiger partial charge in [-0.2, -0.15) is 0 Å². The van der Waals surface area contributed by atoms with Crippen LogP contribution in [0.4, 0.5) is 5.82 Å². The van der Waals surface area contributed by atoms with Crippen molar-refractivity contribution in [2.75, 3.05) is 12.8 Å². The molecule has 0 amide bonds. The standard InChI is InChI=1S/C13H11BrN2O4/c1-20-9-3-2-6(14)4-7(9)8-5-10(15)16-12(17)11(8)13(18)19/h2-5H,1H3,(H,18,19)(H3,15,16,17). The van der Waals surface area contributed by atoms with Crippen molar-refractivity contribution < 1.29 is 14.6 Å². The number of carbonyl (C=O) groups is 1. The predicted octanol–water partition coefficient (Wildman–Crippen LogP) is 2.09. The molecule has 0 aliphatic rings. The molecule has 0 atom stereocenters. The van der Waals surface area contributed by atoms with E-state index in [1.54, 1.807) is 18.2 Å². The molecule has 4 N–H and O–H groups in total. The van der Waals surface area contributed by atoms with Crippen molar-refractivity contribution in [3.63, 3.8) is 0 Å². The van der Waals surface area contributed by atoms with E-state index in [0.717, 1.165) is 4.47 Å². The quantitative estimate of drug-likeness (QED) is 0.794. The zero-order chi connectivity index (χ0) is 14.9. The van der Waals surface area contributed by atoms with Gasteiger partial charge >= 0.3 is 5.97 Å². The lowest BCUT2D eigenvalue weighted by atomic mass is 10.0. The maximum absolute atomic E-state index is 11.8. The number of aromatic nitrogens is 1. The summed E-state index contributed by atoms with van der Waals surface area (Å²) in [6.07, 6.45) is 0. The number of carboxylic acid groups (broad SMARTS) is 1. The molecule has 7 heteroatoms. The van der Waals surface area contributed by atoms with Crippen LogP contribution in [-0.2, 0) is 0 Å². The number of aromatic amines is 1. The first-order valence-electron chi connectivity index (χ1n) is 5.54. The molecule has 1 heterocycles. The van der Waals surface area contributed by atoms with Crippen LogP contribution in [0, 0.1) is 0 Å². The molecule has 0 radical (unpaired) electrons. The van der Waals surface area contributed by atoms with Crippen LogP contribution in [0.15, 0.2) is 33.5 Å². The molecule has 1 aromatic heterocycles. The van der Waals surface area contributed by atoms with Crippen molar-refractivity contribution in [2.45, 2.75) is 0 Å². The van der Waals surface area contributed by atoms with Crippen LogP contribution < -0.4 is 16.0 Å². The van der Waals surface area contributed by atoms with Crippen molar-refractivity contribution in [1.82, 2.24) is 4.98 Å². The first-order chi connectivity index (χ1) is 9.43. The molecule has 0 spiro atoms. The monoisotopic (exact) mass is 338 g/mol. The maximum atomic E-state index is 11.8. The molecule has 0 fully saturated rings. The average Bonchev–Trinajstić information content (AvgIpc) is 2.37. The Balaban J connectivity index is 2.85. The molecule has 20 heavy (non-hydrogen) atoms. The van der Waals surface area contributed by atoms with E-state index in [1.165, 1.54) is 13.2 Å². The summed E-state index contributed by atoms with van der Waals surface area (Å²) in [6.45, 7) is 0. The van der Waals surface area contributed by atoms with Crippen LogP contribution >= 0.6 is 15.9 Å². The fourth-order valence-electron chi connectivity index (χ4n) is 1.90. The second-order valence-corrected chi connectivity index (χ2v) is 4.91. The molecule has 104 valence electrons. The fraction of sp³-hybridized carbons (Fsp3) is 0.0769. The fourth-order valence-corrected chi connectivity index (χ4v) is 2.26. The van der Waals surface area contributed by atoms with Crippen molar-refractivity contribution in [3.05, 3.63) is 44.7 Å². The Morgan fingerprint density at radius 1 is 1.35 bits per heavy atom. The van der Waals surface area contributed by atoms with E-state index in [1.807, 2.05) is 0 Å². The number of nitrogens with one attached hydrogen (secondary N) is 1. The van der Waals surface area contributed by atoms with E-state index in [9.17, 15) is 14.7 Å². The van der Waals surface area contributed by atoms with Crippen LogP contribution in [0.25, 0.3) is 11.1 Å². The Labute approximate surface area is 122 Å². The molecular weight excluding hydrogens is 328 g/mol. The van der Waals surface area contributed by atoms with Gasteiger partial charge in [0.05, 0.1) is 7.11 Å². The van der Waals surface area contributed by atoms with Gasteiger partial charge in [-0.3, -0.25) is 4.79 Å². The van der Waals surface area contributed by atoms with E-state index in [2.05, 4.69) is 20.9 Å². The highest BCUT2D eigenvalue weighted by Crippen LogP contribution is 2.34. The van der Waals surface area contributed by atoms with Crippen LogP contribution in [0.2, 0.25) is 0 Å². The van der Waals surface area contributed by atoms with Crippen LogP contribution in [0.3, 0.4) is 0 Å². The number of ether oxygens (including phenoxy) is 1. The normalized spacial score (nSPS) is 10.3. The maximum Gasteiger partial charge on any atom is 0.341 e. The summed E-state index contributed by atoms with van der Waals surface area (Å²) in [5.74, 6) is -0.805. The minimum absolute atomic E-state index is 0.0806. The van der Waals surface area contributed by atoms with Crippen molar-refractivity contribution in [2.24, 2.45) is 0 Å². The molecule has 0 aliphatic heterocycles. The summed E-state index contributed by atoms with van der Waals surface area (Å²) in [5.41, 5.74) is 5.14. The van der Waals surface area contributed by atoms with E-state index in [4.69, 9.17) is 10.5 Å². The Morgan fingerprint density at radius 3 is 2.65 bits per heavy atom. The van der Waals surface area contributed by atoms with Gasteiger partial charge in [0.1, 0.15) is 17.1 Å². The van der Waals surface area contributed by atoms with Crippen LogP contribution in [0.1, 0.15) is 10.4 Å². The topological polar surface area (TPSA) is 105 Å². The largest absolute Gasteiger partial charge is 0.496 e. The third kappa shape index (κ3) is 2.53. The van der Waals surface area contributed by atoms with Crippen molar-refractivity contribution in [3.8, 4) is 16.9 Å². The molecule has 0 unspecified atom stereocenters. The van der Waals surface area contributed by atoms with Gasteiger partial charge in [0.25, 0.3) is 5.56 Å². The zero-order valence-corrected chi connectivity index (χ0v) is 12.0. The number of benzene rings is 1. The van der Waals surface area contributed by atoms with E-state index in [0.29, 0.717) is 11.3 Å². The number of hydrogen-bond acceptors (Lipinski definition) is 4. The smallest absolute Gasteiger partial charge is 0.341 e. The van der Waals surface area contributed by atoms with Gasteiger partial charge in [-0.1, -0.05) is 15.9 Å². The molecule has 1 aromatic carbocycles. The summed E-state index contributed by atoms with van der Waals surface area (Å²) < 4.78 is 5.93. The van der Waals surface area contributed by atoms with Gasteiger partial charge in [0.2, 0.25) is 0 Å². The average molecular weight is 339 g/mol. The van der Waals surface area contributed by atoms with Gasteiger partial charge < -0.3 is 20.6 Å². The van der Waals surface area contributed by atoms with Gasteiger partial charge in [-0.05, 0) is 24.3 Å². The summed E-state index contributed by atoms with van der Waals surface area (Å²) in [5, 5.41) is 9.22. The number of nitrogen functional groups attached to an aromatic ring is 1. The SMILES string of the molecule is COc1ccc(Br)cc1-c1cc(N)[nH]c(=O)c1C(=O)O. The Morgan fingerprint density at radius 2 is 2.05 bits per heavy atom. The van der Waals surface area contributed by atoms with Crippen molar-refractivity contribution >= 4 is 27.7 Å². The number of nitrogens with two attached hydrogens (primary N) is 1. The third-order valence-electron chi connectivity index (χ3n) is 2.72. The molecule has 0 bridgehead atoms. The minimum atomic E-state index is -1.33. The second kappa shape index (κ2) is 5.38. The van der Waals surface area contributed by atoms with Crippen LogP contribution in [0.5, 0.6) is 5.75 Å². The third-order valence-corrected chi connectivity index (χ3v) is 3.21. The van der Waals surface area contributed by atoms with Gasteiger partial charge in [-0.25, -0.2) is 4.79 Å². The number of aromatic carboxylic acids is 1. The molecule has 0 aliphatic carbocycles. The van der Waals surface area contributed by atoms with E-state index < -0.39 is 11.5 Å². The Bertz CT molecular complexity index is 740.